The van der Waals surface area contributed by atoms with Gasteiger partial charge < -0.3 is 9.15 Å². The highest BCUT2D eigenvalue weighted by molar-refractivity contribution is 8.18. The molecule has 2 aromatic carbocycles. The second-order valence-corrected chi connectivity index (χ2v) is 7.88. The van der Waals surface area contributed by atoms with Crippen LogP contribution in [0.2, 0.25) is 0 Å². The van der Waals surface area contributed by atoms with Crippen molar-refractivity contribution >= 4 is 29.0 Å². The van der Waals surface area contributed by atoms with Crippen LogP contribution < -0.4 is 4.74 Å². The first-order valence-corrected chi connectivity index (χ1v) is 10.4. The van der Waals surface area contributed by atoms with Crippen LogP contribution in [0.5, 0.6) is 5.75 Å². The van der Waals surface area contributed by atoms with E-state index in [0.717, 1.165) is 22.9 Å². The average Bonchev–Trinajstić information content (AvgIpc) is 3.35. The van der Waals surface area contributed by atoms with Crippen molar-refractivity contribution in [1.29, 1.82) is 5.26 Å². The summed E-state index contributed by atoms with van der Waals surface area (Å²) in [6.45, 7) is 2.38. The number of carbonyl (C=O) groups excluding carboxylic acids is 2. The average molecular weight is 430 g/mol. The van der Waals surface area contributed by atoms with E-state index in [1.54, 1.807) is 42.5 Å². The Kier molecular flexibility index (Phi) is 5.92. The second-order valence-electron chi connectivity index (χ2n) is 6.89. The molecule has 0 aliphatic carbocycles. The van der Waals surface area contributed by atoms with Crippen molar-refractivity contribution in [2.24, 2.45) is 0 Å². The molecule has 0 spiro atoms. The molecule has 154 valence electrons. The van der Waals surface area contributed by atoms with Crippen LogP contribution in [0.4, 0.5) is 4.79 Å². The standard InChI is InChI=1S/C24H18N2O4S/c1-16-2-8-19(9-3-16)29-13-12-26-23(27)22(31-24(26)28)14-20-10-11-21(30-20)18-6-4-17(15-25)5-7-18/h2-11,14H,12-13H2,1H3/b22-14-. The Morgan fingerprint density at radius 1 is 1.06 bits per heavy atom. The minimum absolute atomic E-state index is 0.171. The zero-order valence-electron chi connectivity index (χ0n) is 16.7. The van der Waals surface area contributed by atoms with Gasteiger partial charge >= 0.3 is 0 Å². The van der Waals surface area contributed by atoms with Gasteiger partial charge in [-0.1, -0.05) is 17.7 Å². The maximum absolute atomic E-state index is 12.6. The van der Waals surface area contributed by atoms with E-state index >= 15 is 0 Å². The molecule has 2 amide bonds. The Bertz CT molecular complexity index is 1190. The first kappa shape index (κ1) is 20.5. The highest BCUT2D eigenvalue weighted by Gasteiger charge is 2.35. The molecule has 0 unspecified atom stereocenters. The zero-order valence-corrected chi connectivity index (χ0v) is 17.5. The minimum atomic E-state index is -0.362. The summed E-state index contributed by atoms with van der Waals surface area (Å²) in [5.41, 5.74) is 2.51. The molecular weight excluding hydrogens is 412 g/mol. The summed E-state index contributed by atoms with van der Waals surface area (Å²) >= 11 is 0.882. The summed E-state index contributed by atoms with van der Waals surface area (Å²) in [5, 5.41) is 8.57. The molecule has 3 aromatic rings. The number of ether oxygens (including phenoxy) is 1. The number of hydrogen-bond acceptors (Lipinski definition) is 6. The van der Waals surface area contributed by atoms with Crippen molar-refractivity contribution in [2.45, 2.75) is 6.92 Å². The number of imide groups is 1. The smallest absolute Gasteiger partial charge is 0.293 e. The van der Waals surface area contributed by atoms with Crippen molar-refractivity contribution in [3.8, 4) is 23.1 Å². The lowest BCUT2D eigenvalue weighted by Crippen LogP contribution is -2.32. The third-order valence-electron chi connectivity index (χ3n) is 4.68. The largest absolute Gasteiger partial charge is 0.492 e. The van der Waals surface area contributed by atoms with Gasteiger partial charge in [-0.2, -0.15) is 5.26 Å². The molecule has 0 atom stereocenters. The minimum Gasteiger partial charge on any atom is -0.492 e. The normalized spacial score (nSPS) is 14.8. The number of rotatable bonds is 6. The fourth-order valence-corrected chi connectivity index (χ4v) is 3.85. The molecule has 1 aliphatic heterocycles. The van der Waals surface area contributed by atoms with E-state index in [1.165, 1.54) is 4.90 Å². The number of hydrogen-bond donors (Lipinski definition) is 0. The summed E-state index contributed by atoms with van der Waals surface area (Å²) in [6, 6.07) is 20.2. The van der Waals surface area contributed by atoms with Crippen molar-refractivity contribution in [2.75, 3.05) is 13.2 Å². The molecule has 31 heavy (non-hydrogen) atoms. The van der Waals surface area contributed by atoms with Gasteiger partial charge in [0.2, 0.25) is 0 Å². The predicted octanol–water partition coefficient (Wildman–Crippen LogP) is 5.24. The lowest BCUT2D eigenvalue weighted by atomic mass is 10.1. The number of nitriles is 1. The Morgan fingerprint density at radius 3 is 2.52 bits per heavy atom. The summed E-state index contributed by atoms with van der Waals surface area (Å²) < 4.78 is 11.4. The number of aryl methyl sites for hydroxylation is 1. The van der Waals surface area contributed by atoms with Gasteiger partial charge in [-0.05, 0) is 67.2 Å². The van der Waals surface area contributed by atoms with Crippen LogP contribution in [0.25, 0.3) is 17.4 Å². The van der Waals surface area contributed by atoms with Gasteiger partial charge in [-0.15, -0.1) is 0 Å². The highest BCUT2D eigenvalue weighted by Crippen LogP contribution is 2.33. The van der Waals surface area contributed by atoms with E-state index in [1.807, 2.05) is 31.2 Å². The molecule has 4 rings (SSSR count). The van der Waals surface area contributed by atoms with Crippen LogP contribution in [-0.2, 0) is 4.79 Å². The number of benzene rings is 2. The van der Waals surface area contributed by atoms with E-state index in [-0.39, 0.29) is 24.3 Å². The third kappa shape index (κ3) is 4.71. The van der Waals surface area contributed by atoms with Crippen LogP contribution in [0, 0.1) is 18.3 Å². The van der Waals surface area contributed by atoms with E-state index < -0.39 is 0 Å². The third-order valence-corrected chi connectivity index (χ3v) is 5.58. The topological polar surface area (TPSA) is 83.5 Å². The van der Waals surface area contributed by atoms with Crippen molar-refractivity contribution < 1.29 is 18.7 Å². The molecule has 2 heterocycles. The lowest BCUT2D eigenvalue weighted by Gasteiger charge is -2.13. The van der Waals surface area contributed by atoms with Gasteiger partial charge in [-0.3, -0.25) is 14.5 Å². The Hall–Kier alpha value is -3.76. The molecule has 6 nitrogen and oxygen atoms in total. The van der Waals surface area contributed by atoms with Crippen molar-refractivity contribution in [3.63, 3.8) is 0 Å². The van der Waals surface area contributed by atoms with Gasteiger partial charge in [0.05, 0.1) is 23.1 Å². The van der Waals surface area contributed by atoms with Gasteiger partial charge in [0.25, 0.3) is 11.1 Å². The SMILES string of the molecule is Cc1ccc(OCCN2C(=O)S/C(=C\c3ccc(-c4ccc(C#N)cc4)o3)C2=O)cc1. The quantitative estimate of drug-likeness (QED) is 0.497. The number of amides is 2. The maximum atomic E-state index is 12.6. The number of nitrogens with zero attached hydrogens (tertiary/aromatic N) is 2. The summed E-state index contributed by atoms with van der Waals surface area (Å²) in [7, 11) is 0. The summed E-state index contributed by atoms with van der Waals surface area (Å²) in [6.07, 6.45) is 1.57. The Morgan fingerprint density at radius 2 is 1.81 bits per heavy atom. The molecule has 0 radical (unpaired) electrons. The second kappa shape index (κ2) is 8.94. The van der Waals surface area contributed by atoms with E-state index in [9.17, 15) is 9.59 Å². The fourth-order valence-electron chi connectivity index (χ4n) is 3.01. The predicted molar refractivity (Wildman–Crippen MR) is 118 cm³/mol. The molecule has 0 N–H and O–H groups in total. The zero-order chi connectivity index (χ0) is 21.8. The van der Waals surface area contributed by atoms with Crippen LogP contribution in [0.1, 0.15) is 16.9 Å². The summed E-state index contributed by atoms with van der Waals surface area (Å²) in [4.78, 5) is 26.4. The number of carbonyl (C=O) groups is 2. The molecule has 0 bridgehead atoms. The van der Waals surface area contributed by atoms with E-state index in [0.29, 0.717) is 27.7 Å². The molecular formula is C24H18N2O4S. The highest BCUT2D eigenvalue weighted by atomic mass is 32.2. The Balaban J connectivity index is 1.40. The monoisotopic (exact) mass is 430 g/mol. The molecule has 1 fully saturated rings. The molecule has 1 saturated heterocycles. The molecule has 0 saturated carbocycles. The van der Waals surface area contributed by atoms with Crippen molar-refractivity contribution in [3.05, 3.63) is 82.5 Å². The Labute approximate surface area is 183 Å². The fraction of sp³-hybridized carbons (Fsp3) is 0.125. The van der Waals surface area contributed by atoms with Gasteiger partial charge in [0.1, 0.15) is 23.9 Å². The first-order chi connectivity index (χ1) is 15.0. The molecule has 7 heteroatoms. The van der Waals surface area contributed by atoms with Gasteiger partial charge in [0, 0.05) is 11.6 Å². The van der Waals surface area contributed by atoms with Crippen molar-refractivity contribution in [1.82, 2.24) is 4.90 Å². The van der Waals surface area contributed by atoms with Gasteiger partial charge in [-0.25, -0.2) is 0 Å². The van der Waals surface area contributed by atoms with Crippen LogP contribution in [0.15, 0.2) is 70.0 Å². The van der Waals surface area contributed by atoms with Gasteiger partial charge in [0.15, 0.2) is 0 Å². The van der Waals surface area contributed by atoms with Crippen LogP contribution >= 0.6 is 11.8 Å². The lowest BCUT2D eigenvalue weighted by molar-refractivity contribution is -0.123. The summed E-state index contributed by atoms with van der Waals surface area (Å²) in [5.74, 6) is 1.42. The van der Waals surface area contributed by atoms with E-state index in [4.69, 9.17) is 14.4 Å². The molecule has 1 aromatic heterocycles. The number of thioether (sulfide) groups is 1. The molecule has 1 aliphatic rings. The van der Waals surface area contributed by atoms with Crippen LogP contribution in [-0.4, -0.2) is 29.2 Å². The first-order valence-electron chi connectivity index (χ1n) is 9.59. The van der Waals surface area contributed by atoms with E-state index in [2.05, 4.69) is 6.07 Å². The maximum Gasteiger partial charge on any atom is 0.293 e. The van der Waals surface area contributed by atoms with Crippen LogP contribution in [0.3, 0.4) is 0 Å². The number of furan rings is 1.